The van der Waals surface area contributed by atoms with Crippen LogP contribution in [0.5, 0.6) is 11.5 Å². The molecule has 6 nitrogen and oxygen atoms in total. The third kappa shape index (κ3) is 4.23. The van der Waals surface area contributed by atoms with E-state index in [9.17, 15) is 4.79 Å². The molecule has 1 aromatic carbocycles. The number of aryl methyl sites for hydroxylation is 1. The summed E-state index contributed by atoms with van der Waals surface area (Å²) in [6.07, 6.45) is 0.168. The largest absolute Gasteiger partial charge is 0.497 e. The number of hydrogen-bond acceptors (Lipinski definition) is 6. The Kier molecular flexibility index (Phi) is 5.58. The number of carbonyl (C=O) groups is 1. The van der Waals surface area contributed by atoms with Crippen LogP contribution in [0.15, 0.2) is 40.1 Å². The molecule has 1 N–H and O–H groups in total. The second kappa shape index (κ2) is 8.05. The van der Waals surface area contributed by atoms with E-state index in [1.165, 1.54) is 0 Å². The Morgan fingerprint density at radius 2 is 1.96 bits per heavy atom. The number of hydrogen-bond donors (Lipinski definition) is 1. The van der Waals surface area contributed by atoms with E-state index in [2.05, 4.69) is 10.3 Å². The third-order valence-electron chi connectivity index (χ3n) is 3.85. The predicted molar refractivity (Wildman–Crippen MR) is 99.6 cm³/mol. The molecule has 0 aliphatic carbocycles. The van der Waals surface area contributed by atoms with Crippen molar-refractivity contribution >= 4 is 17.2 Å². The Balaban J connectivity index is 1.63. The van der Waals surface area contributed by atoms with E-state index < -0.39 is 0 Å². The van der Waals surface area contributed by atoms with Gasteiger partial charge in [0.1, 0.15) is 17.3 Å². The molecule has 1 amide bonds. The van der Waals surface area contributed by atoms with Gasteiger partial charge in [0.2, 0.25) is 11.8 Å². The fraction of sp³-hybridized carbons (Fsp3) is 0.263. The Morgan fingerprint density at radius 1 is 1.23 bits per heavy atom. The van der Waals surface area contributed by atoms with E-state index in [0.29, 0.717) is 35.4 Å². The van der Waals surface area contributed by atoms with Gasteiger partial charge in [-0.25, -0.2) is 4.98 Å². The summed E-state index contributed by atoms with van der Waals surface area (Å²) in [5, 5.41) is 4.85. The van der Waals surface area contributed by atoms with Gasteiger partial charge in [-0.3, -0.25) is 4.79 Å². The van der Waals surface area contributed by atoms with Crippen molar-refractivity contribution < 1.29 is 18.7 Å². The lowest BCUT2D eigenvalue weighted by Gasteiger charge is -2.09. The number of nitrogens with one attached hydrogen (secondary N) is 1. The average molecular weight is 372 g/mol. The number of benzene rings is 1. The zero-order valence-corrected chi connectivity index (χ0v) is 15.7. The van der Waals surface area contributed by atoms with E-state index in [-0.39, 0.29) is 12.3 Å². The maximum atomic E-state index is 12.3. The number of amides is 1. The maximum Gasteiger partial charge on any atom is 0.236 e. The normalized spacial score (nSPS) is 10.6. The van der Waals surface area contributed by atoms with Gasteiger partial charge in [-0.15, -0.1) is 11.3 Å². The van der Waals surface area contributed by atoms with Crippen molar-refractivity contribution in [2.45, 2.75) is 19.9 Å². The molecule has 0 radical (unpaired) electrons. The Bertz CT molecular complexity index is 865. The number of aromatic nitrogens is 1. The van der Waals surface area contributed by atoms with Crippen LogP contribution in [0.2, 0.25) is 0 Å². The van der Waals surface area contributed by atoms with Crippen LogP contribution in [0.25, 0.3) is 10.8 Å². The van der Waals surface area contributed by atoms with Crippen LogP contribution in [0.4, 0.5) is 0 Å². The first-order valence-electron chi connectivity index (χ1n) is 8.08. The SMILES string of the molecule is COc1cc(CNC(=O)Cc2nc(-c3cccs3)oc2C)cc(OC)c1. The standard InChI is InChI=1S/C19H20N2O4S/c1-12-16(21-19(25-12)17-5-4-6-26-17)10-18(22)20-11-13-7-14(23-2)9-15(8-13)24-3/h4-9H,10-11H2,1-3H3,(H,20,22). The van der Waals surface area contributed by atoms with Crippen LogP contribution in [-0.2, 0) is 17.8 Å². The van der Waals surface area contributed by atoms with Gasteiger partial charge < -0.3 is 19.2 Å². The zero-order valence-electron chi connectivity index (χ0n) is 14.9. The van der Waals surface area contributed by atoms with E-state index in [0.717, 1.165) is 10.4 Å². The topological polar surface area (TPSA) is 73.6 Å². The number of thiophene rings is 1. The van der Waals surface area contributed by atoms with Gasteiger partial charge in [0.15, 0.2) is 0 Å². The van der Waals surface area contributed by atoms with E-state index in [1.807, 2.05) is 36.6 Å². The zero-order chi connectivity index (χ0) is 18.5. The number of rotatable bonds is 7. The van der Waals surface area contributed by atoms with Crippen molar-refractivity contribution in [1.29, 1.82) is 0 Å². The summed E-state index contributed by atoms with van der Waals surface area (Å²) in [5.41, 5.74) is 1.54. The smallest absolute Gasteiger partial charge is 0.236 e. The second-order valence-electron chi connectivity index (χ2n) is 5.67. The summed E-state index contributed by atoms with van der Waals surface area (Å²) >= 11 is 1.55. The van der Waals surface area contributed by atoms with Gasteiger partial charge in [-0.05, 0) is 36.1 Å². The molecule has 2 aromatic heterocycles. The van der Waals surface area contributed by atoms with Crippen LogP contribution < -0.4 is 14.8 Å². The Morgan fingerprint density at radius 3 is 2.58 bits per heavy atom. The molecule has 0 saturated carbocycles. The highest BCUT2D eigenvalue weighted by atomic mass is 32.1. The maximum absolute atomic E-state index is 12.3. The molecule has 26 heavy (non-hydrogen) atoms. The van der Waals surface area contributed by atoms with Gasteiger partial charge in [-0.1, -0.05) is 6.07 Å². The van der Waals surface area contributed by atoms with Crippen LogP contribution in [0, 0.1) is 6.92 Å². The highest BCUT2D eigenvalue weighted by Gasteiger charge is 2.15. The number of methoxy groups -OCH3 is 2. The third-order valence-corrected chi connectivity index (χ3v) is 4.71. The molecule has 3 aromatic rings. The monoisotopic (exact) mass is 372 g/mol. The van der Waals surface area contributed by atoms with Crippen molar-refractivity contribution in [2.24, 2.45) is 0 Å². The minimum absolute atomic E-state index is 0.124. The van der Waals surface area contributed by atoms with Gasteiger partial charge in [0, 0.05) is 12.6 Å². The lowest BCUT2D eigenvalue weighted by molar-refractivity contribution is -0.120. The van der Waals surface area contributed by atoms with Crippen molar-refractivity contribution in [3.8, 4) is 22.3 Å². The summed E-state index contributed by atoms with van der Waals surface area (Å²) < 4.78 is 16.1. The van der Waals surface area contributed by atoms with Crippen LogP contribution in [0.1, 0.15) is 17.0 Å². The fourth-order valence-electron chi connectivity index (χ4n) is 2.48. The molecule has 136 valence electrons. The fourth-order valence-corrected chi connectivity index (χ4v) is 3.13. The molecule has 7 heteroatoms. The Labute approximate surface area is 155 Å². The van der Waals surface area contributed by atoms with Crippen molar-refractivity contribution in [2.75, 3.05) is 14.2 Å². The molecular weight excluding hydrogens is 352 g/mol. The first kappa shape index (κ1) is 18.0. The summed E-state index contributed by atoms with van der Waals surface area (Å²) in [6, 6.07) is 9.39. The second-order valence-corrected chi connectivity index (χ2v) is 6.62. The molecule has 0 aliphatic heterocycles. The molecule has 0 atom stereocenters. The predicted octanol–water partition coefficient (Wildman–Crippen LogP) is 3.59. The summed E-state index contributed by atoms with van der Waals surface area (Å²) in [7, 11) is 3.19. The molecular formula is C19H20N2O4S. The van der Waals surface area contributed by atoms with Crippen molar-refractivity contribution in [1.82, 2.24) is 10.3 Å². The van der Waals surface area contributed by atoms with Gasteiger partial charge in [-0.2, -0.15) is 0 Å². The van der Waals surface area contributed by atoms with Gasteiger partial charge >= 0.3 is 0 Å². The van der Waals surface area contributed by atoms with E-state index >= 15 is 0 Å². The number of nitrogens with zero attached hydrogens (tertiary/aromatic N) is 1. The van der Waals surface area contributed by atoms with Crippen LogP contribution >= 0.6 is 11.3 Å². The Hall–Kier alpha value is -2.80. The summed E-state index contributed by atoms with van der Waals surface area (Å²) in [4.78, 5) is 17.7. The lowest BCUT2D eigenvalue weighted by Crippen LogP contribution is -2.25. The summed E-state index contributed by atoms with van der Waals surface area (Å²) in [5.74, 6) is 2.45. The highest BCUT2D eigenvalue weighted by Crippen LogP contribution is 2.26. The average Bonchev–Trinajstić information content (AvgIpc) is 3.30. The number of oxazole rings is 1. The molecule has 0 unspecified atom stereocenters. The van der Waals surface area contributed by atoms with Gasteiger partial charge in [0.25, 0.3) is 0 Å². The molecule has 0 bridgehead atoms. The number of ether oxygens (including phenoxy) is 2. The molecule has 0 fully saturated rings. The highest BCUT2D eigenvalue weighted by molar-refractivity contribution is 7.13. The molecule has 0 aliphatic rings. The van der Waals surface area contributed by atoms with E-state index in [1.54, 1.807) is 31.6 Å². The lowest BCUT2D eigenvalue weighted by atomic mass is 10.2. The first-order chi connectivity index (χ1) is 12.6. The van der Waals surface area contributed by atoms with Crippen molar-refractivity contribution in [3.05, 3.63) is 52.7 Å². The molecule has 0 saturated heterocycles. The number of carbonyl (C=O) groups excluding carboxylic acids is 1. The molecule has 3 rings (SSSR count). The van der Waals surface area contributed by atoms with Gasteiger partial charge in [0.05, 0.1) is 31.2 Å². The van der Waals surface area contributed by atoms with E-state index in [4.69, 9.17) is 13.9 Å². The van der Waals surface area contributed by atoms with Crippen molar-refractivity contribution in [3.63, 3.8) is 0 Å². The summed E-state index contributed by atoms with van der Waals surface area (Å²) in [6.45, 7) is 2.20. The minimum atomic E-state index is -0.124. The van der Waals surface area contributed by atoms with Crippen LogP contribution in [-0.4, -0.2) is 25.1 Å². The molecule has 0 spiro atoms. The quantitative estimate of drug-likeness (QED) is 0.686. The van der Waals surface area contributed by atoms with Crippen LogP contribution in [0.3, 0.4) is 0 Å². The minimum Gasteiger partial charge on any atom is -0.497 e. The first-order valence-corrected chi connectivity index (χ1v) is 8.96. The molecule has 2 heterocycles.